The molecule has 0 unspecified atom stereocenters. The molecule has 0 aliphatic carbocycles. The molecule has 5 nitrogen and oxygen atoms in total. The molecule has 0 bridgehead atoms. The fourth-order valence-corrected chi connectivity index (χ4v) is 1.95. The van der Waals surface area contributed by atoms with Crippen molar-refractivity contribution in [1.29, 1.82) is 0 Å². The van der Waals surface area contributed by atoms with Gasteiger partial charge in [0.25, 0.3) is 0 Å². The Kier molecular flexibility index (Phi) is 4.76. The van der Waals surface area contributed by atoms with E-state index in [2.05, 4.69) is 20.1 Å². The molecule has 9 heteroatoms. The largest absolute Gasteiger partial charge is 0.351 e. The van der Waals surface area contributed by atoms with Gasteiger partial charge in [0.1, 0.15) is 0 Å². The summed E-state index contributed by atoms with van der Waals surface area (Å²) in [5.74, 6) is 0. The van der Waals surface area contributed by atoms with Crippen molar-refractivity contribution in [3.8, 4) is 6.01 Å². The van der Waals surface area contributed by atoms with E-state index < -0.39 is 0 Å². The fourth-order valence-electron chi connectivity index (χ4n) is 1.11. The lowest BCUT2D eigenvalue weighted by Gasteiger charge is -2.00. The van der Waals surface area contributed by atoms with E-state index in [4.69, 9.17) is 51.2 Å². The number of nitrogens with zero attached hydrogens (tertiary/aromatic N) is 4. The highest BCUT2D eigenvalue weighted by Crippen LogP contribution is 2.22. The van der Waals surface area contributed by atoms with Crippen LogP contribution >= 0.6 is 46.4 Å². The molecular weight excluding hydrogens is 334 g/mol. The van der Waals surface area contributed by atoms with E-state index in [1.807, 2.05) is 0 Å². The van der Waals surface area contributed by atoms with Gasteiger partial charge in [-0.05, 0) is 35.3 Å². The van der Waals surface area contributed by atoms with E-state index in [0.717, 1.165) is 0 Å². The van der Waals surface area contributed by atoms with Crippen LogP contribution in [-0.4, -0.2) is 21.2 Å². The lowest BCUT2D eigenvalue weighted by atomic mass is 10.2. The lowest BCUT2D eigenvalue weighted by Crippen LogP contribution is -1.96. The van der Waals surface area contributed by atoms with Crippen LogP contribution in [0.1, 0.15) is 5.56 Å². The van der Waals surface area contributed by atoms with Crippen LogP contribution in [0.25, 0.3) is 0 Å². The van der Waals surface area contributed by atoms with E-state index in [0.29, 0.717) is 15.6 Å². The molecular formula is C10H4Cl4N4O. The van der Waals surface area contributed by atoms with Crippen LogP contribution < -0.4 is 4.84 Å². The summed E-state index contributed by atoms with van der Waals surface area (Å²) in [6.45, 7) is 0. The summed E-state index contributed by atoms with van der Waals surface area (Å²) < 4.78 is 0. The Morgan fingerprint density at radius 2 is 1.53 bits per heavy atom. The monoisotopic (exact) mass is 336 g/mol. The number of oxime groups is 1. The molecule has 0 N–H and O–H groups in total. The van der Waals surface area contributed by atoms with Crippen LogP contribution in [0, 0.1) is 0 Å². The lowest BCUT2D eigenvalue weighted by molar-refractivity contribution is 0.314. The molecule has 0 saturated carbocycles. The molecule has 0 atom stereocenters. The Bertz CT molecular complexity index is 594. The molecule has 0 amide bonds. The van der Waals surface area contributed by atoms with Crippen molar-refractivity contribution in [2.45, 2.75) is 0 Å². The summed E-state index contributed by atoms with van der Waals surface area (Å²) >= 11 is 23.0. The van der Waals surface area contributed by atoms with Crippen molar-refractivity contribution in [2.75, 3.05) is 0 Å². The van der Waals surface area contributed by atoms with Crippen molar-refractivity contribution in [2.24, 2.45) is 5.16 Å². The van der Waals surface area contributed by atoms with Crippen LogP contribution in [0.2, 0.25) is 20.6 Å². The van der Waals surface area contributed by atoms with E-state index in [1.54, 1.807) is 18.2 Å². The van der Waals surface area contributed by atoms with Gasteiger partial charge in [-0.2, -0.15) is 15.0 Å². The molecule has 19 heavy (non-hydrogen) atoms. The van der Waals surface area contributed by atoms with E-state index in [1.165, 1.54) is 6.21 Å². The van der Waals surface area contributed by atoms with Crippen molar-refractivity contribution in [3.05, 3.63) is 44.4 Å². The molecule has 2 aromatic rings. The zero-order valence-corrected chi connectivity index (χ0v) is 12.0. The van der Waals surface area contributed by atoms with Gasteiger partial charge in [0.05, 0.1) is 16.3 Å². The number of hydrogen-bond donors (Lipinski definition) is 0. The van der Waals surface area contributed by atoms with Gasteiger partial charge in [0.2, 0.25) is 10.6 Å². The third-order valence-electron chi connectivity index (χ3n) is 1.88. The van der Waals surface area contributed by atoms with Crippen molar-refractivity contribution in [3.63, 3.8) is 0 Å². The molecule has 0 radical (unpaired) electrons. The number of benzene rings is 1. The third-order valence-corrected chi connectivity index (χ3v) is 2.87. The van der Waals surface area contributed by atoms with E-state index >= 15 is 0 Å². The Morgan fingerprint density at radius 3 is 2.11 bits per heavy atom. The quantitative estimate of drug-likeness (QED) is 0.629. The second-order valence-electron chi connectivity index (χ2n) is 3.12. The van der Waals surface area contributed by atoms with Crippen LogP contribution in [0.15, 0.2) is 23.4 Å². The third kappa shape index (κ3) is 3.91. The van der Waals surface area contributed by atoms with E-state index in [9.17, 15) is 0 Å². The zero-order valence-electron chi connectivity index (χ0n) is 9.02. The first-order valence-corrected chi connectivity index (χ1v) is 6.29. The maximum absolute atomic E-state index is 5.95. The molecule has 1 aromatic carbocycles. The molecule has 1 aromatic heterocycles. The average molecular weight is 338 g/mol. The normalized spacial score (nSPS) is 10.9. The second kappa shape index (κ2) is 6.34. The van der Waals surface area contributed by atoms with Gasteiger partial charge in [0, 0.05) is 5.56 Å². The van der Waals surface area contributed by atoms with Gasteiger partial charge in [-0.25, -0.2) is 0 Å². The van der Waals surface area contributed by atoms with Crippen molar-refractivity contribution in [1.82, 2.24) is 15.0 Å². The first-order chi connectivity index (χ1) is 9.06. The first kappa shape index (κ1) is 14.3. The smallest absolute Gasteiger partial charge is 0.315 e. The summed E-state index contributed by atoms with van der Waals surface area (Å²) in [4.78, 5) is 15.8. The average Bonchev–Trinajstić information content (AvgIpc) is 2.32. The van der Waals surface area contributed by atoms with E-state index in [-0.39, 0.29) is 16.6 Å². The summed E-state index contributed by atoms with van der Waals surface area (Å²) in [6.07, 6.45) is 1.33. The Labute approximate surface area is 128 Å². The standard InChI is InChI=1S/C10H4Cl4N4O/c11-6-2-1-3-7(12)5(6)4-15-19-10-17-8(13)16-9(14)18-10/h1-4H. The number of aromatic nitrogens is 3. The van der Waals surface area contributed by atoms with Crippen LogP contribution in [0.5, 0.6) is 6.01 Å². The summed E-state index contributed by atoms with van der Waals surface area (Å²) in [5.41, 5.74) is 0.511. The number of rotatable bonds is 3. The van der Waals surface area contributed by atoms with Gasteiger partial charge < -0.3 is 4.84 Å². The van der Waals surface area contributed by atoms with Gasteiger partial charge in [0.15, 0.2) is 0 Å². The van der Waals surface area contributed by atoms with Crippen LogP contribution in [0.4, 0.5) is 0 Å². The SMILES string of the molecule is Clc1nc(Cl)nc(ON=Cc2c(Cl)cccc2Cl)n1. The van der Waals surface area contributed by atoms with Crippen molar-refractivity contribution >= 4 is 52.6 Å². The van der Waals surface area contributed by atoms with Gasteiger partial charge >= 0.3 is 6.01 Å². The summed E-state index contributed by atoms with van der Waals surface area (Å²) in [7, 11) is 0. The molecule has 2 rings (SSSR count). The Morgan fingerprint density at radius 1 is 0.947 bits per heavy atom. The minimum absolute atomic E-state index is 0.0963. The minimum Gasteiger partial charge on any atom is -0.315 e. The fraction of sp³-hybridized carbons (Fsp3) is 0. The molecule has 0 spiro atoms. The minimum atomic E-state index is -0.135. The van der Waals surface area contributed by atoms with Crippen LogP contribution in [-0.2, 0) is 0 Å². The Hall–Kier alpha value is -1.14. The maximum Gasteiger partial charge on any atom is 0.351 e. The molecule has 0 aliphatic heterocycles. The predicted molar refractivity (Wildman–Crippen MR) is 74.5 cm³/mol. The highest BCUT2D eigenvalue weighted by molar-refractivity contribution is 6.38. The molecule has 1 heterocycles. The van der Waals surface area contributed by atoms with Gasteiger partial charge in [-0.15, -0.1) is 0 Å². The zero-order chi connectivity index (χ0) is 13.8. The van der Waals surface area contributed by atoms with Gasteiger partial charge in [-0.3, -0.25) is 0 Å². The number of halogens is 4. The summed E-state index contributed by atoms with van der Waals surface area (Å²) in [6, 6.07) is 4.93. The maximum atomic E-state index is 5.95. The topological polar surface area (TPSA) is 60.3 Å². The molecule has 0 saturated heterocycles. The van der Waals surface area contributed by atoms with Gasteiger partial charge in [-0.1, -0.05) is 34.4 Å². The summed E-state index contributed by atoms with van der Waals surface area (Å²) in [5, 5.41) is 4.33. The highest BCUT2D eigenvalue weighted by atomic mass is 35.5. The predicted octanol–water partition coefficient (Wildman–Crippen LogP) is 3.90. The Balaban J connectivity index is 2.16. The highest BCUT2D eigenvalue weighted by Gasteiger charge is 2.05. The molecule has 0 aliphatic rings. The number of hydrogen-bond acceptors (Lipinski definition) is 5. The first-order valence-electron chi connectivity index (χ1n) is 4.78. The second-order valence-corrected chi connectivity index (χ2v) is 4.61. The van der Waals surface area contributed by atoms with Crippen molar-refractivity contribution < 1.29 is 4.84 Å². The molecule has 0 fully saturated rings. The van der Waals surface area contributed by atoms with Crippen LogP contribution in [0.3, 0.4) is 0 Å². The molecule has 98 valence electrons.